The number of hydrogen-bond donors (Lipinski definition) is 4. The summed E-state index contributed by atoms with van der Waals surface area (Å²) in [5, 5.41) is 44.2. The van der Waals surface area contributed by atoms with E-state index in [1.807, 2.05) is 44.2 Å². The number of allylic oxidation sites excluding steroid dienone is 6. The third-order valence-corrected chi connectivity index (χ3v) is 15.4. The Morgan fingerprint density at radius 3 is 2.26 bits per heavy atom. The van der Waals surface area contributed by atoms with Crippen LogP contribution in [0.4, 0.5) is 0 Å². The number of Topliss-reactive ketones (excluding diaryl/α,β-unsaturated/α-hetero) is 3. The number of aliphatic hydroxyl groups is 4. The van der Waals surface area contributed by atoms with E-state index in [9.17, 15) is 49.2 Å². The average Bonchev–Trinajstić information content (AvgIpc) is 3.36. The number of esters is 2. The van der Waals surface area contributed by atoms with Gasteiger partial charge in [0, 0.05) is 62.6 Å². The van der Waals surface area contributed by atoms with E-state index >= 15 is 0 Å². The number of piperidine rings is 1. The van der Waals surface area contributed by atoms with Crippen LogP contribution in [0, 0.1) is 40.9 Å². The van der Waals surface area contributed by atoms with E-state index in [1.54, 1.807) is 34.6 Å². The lowest BCUT2D eigenvalue weighted by atomic mass is 9.78. The Balaban J connectivity index is 1.72. The van der Waals surface area contributed by atoms with Gasteiger partial charge in [-0.25, -0.2) is 4.79 Å². The van der Waals surface area contributed by atoms with Gasteiger partial charge in [-0.1, -0.05) is 71.1 Å². The molecule has 3 fully saturated rings. The standard InChI is InChI=1S/C56H87NO16/c1-33-17-13-12-14-18-34(2)45(68-9)29-41-22-20-39(7)56(67,73-41)51(63)52(64)57-24-16-15-19-42(57)53(65)71-46(30-43(60)35(3)26-38(6)49(62)50(70-11)48(61)37(5)25-33)36(4)27-40-21-23-44(47(28-40)69-10)72-54(66)55(8,31-58)32-59/h12-14,17-18,26,33,35-37,39-42,44-47,49-50,58-59,62,67H,15-16,19-25,27-32H2,1-11H3/b14-12?,17-13?,34-18?,38-26-/t33-,35-,36-,37-,39-,40+,41+,42+,44-,45+,46+,47-,49-,50+,56-/m1/s1/i8+1D3,31+1D2,32+1D2. The quantitative estimate of drug-likeness (QED) is 0.0885. The molecule has 4 N–H and O–H groups in total. The predicted molar refractivity (Wildman–Crippen MR) is 271 cm³/mol. The minimum absolute atomic E-state index is 0.0344. The molecule has 0 aromatic carbocycles. The van der Waals surface area contributed by atoms with Gasteiger partial charge in [-0.15, -0.1) is 0 Å². The van der Waals surface area contributed by atoms with Crippen LogP contribution in [0.1, 0.15) is 142 Å². The second-order valence-electron chi connectivity index (χ2n) is 20.9. The predicted octanol–water partition coefficient (Wildman–Crippen LogP) is 5.72. The molecule has 2 bridgehead atoms. The minimum Gasteiger partial charge on any atom is -0.460 e. The first-order valence-corrected chi connectivity index (χ1v) is 25.8. The van der Waals surface area contributed by atoms with Crippen LogP contribution in [-0.2, 0) is 57.2 Å². The third-order valence-electron chi connectivity index (χ3n) is 15.4. The number of fused-ring (bicyclic) bond motifs is 3. The van der Waals surface area contributed by atoms with E-state index in [4.69, 9.17) is 38.0 Å². The molecule has 17 heteroatoms. The molecule has 17 nitrogen and oxygen atoms in total. The summed E-state index contributed by atoms with van der Waals surface area (Å²) < 4.78 is 89.7. The smallest absolute Gasteiger partial charge is 0.329 e. The van der Waals surface area contributed by atoms with Gasteiger partial charge in [0.05, 0.1) is 36.9 Å². The zero-order chi connectivity index (χ0) is 60.5. The number of nitrogens with zero attached hydrogens (tertiary/aromatic N) is 1. The molecule has 4 rings (SSSR count). The Morgan fingerprint density at radius 2 is 1.62 bits per heavy atom. The molecule has 3 aliphatic heterocycles. The van der Waals surface area contributed by atoms with E-state index in [0.29, 0.717) is 32.1 Å². The number of methoxy groups -OCH3 is 3. The van der Waals surface area contributed by atoms with Crippen LogP contribution in [0.2, 0.25) is 0 Å². The first-order valence-electron chi connectivity index (χ1n) is 29.3. The molecule has 4 aliphatic rings. The van der Waals surface area contributed by atoms with Gasteiger partial charge >= 0.3 is 11.9 Å². The molecule has 2 saturated heterocycles. The lowest BCUT2D eigenvalue weighted by molar-refractivity contribution is -0.265. The summed E-state index contributed by atoms with van der Waals surface area (Å²) in [7, 11) is 4.11. The fourth-order valence-corrected chi connectivity index (χ4v) is 10.6. The van der Waals surface area contributed by atoms with Crippen molar-refractivity contribution in [3.63, 3.8) is 0 Å². The van der Waals surface area contributed by atoms with Crippen LogP contribution >= 0.6 is 0 Å². The minimum atomic E-state index is -4.14. The number of ketones is 3. The molecule has 1 aliphatic carbocycles. The van der Waals surface area contributed by atoms with Crippen LogP contribution in [0.5, 0.6) is 0 Å². The van der Waals surface area contributed by atoms with Crippen LogP contribution in [-0.4, -0.2) is 156 Å². The molecule has 73 heavy (non-hydrogen) atoms. The van der Waals surface area contributed by atoms with Gasteiger partial charge < -0.3 is 53.7 Å². The van der Waals surface area contributed by atoms with E-state index < -0.39 is 133 Å². The van der Waals surface area contributed by atoms with Crippen molar-refractivity contribution < 1.29 is 87.2 Å². The second kappa shape index (κ2) is 28.3. The first-order chi connectivity index (χ1) is 37.1. The van der Waals surface area contributed by atoms with Crippen molar-refractivity contribution >= 4 is 35.2 Å². The zero-order valence-corrected chi connectivity index (χ0v) is 44.4. The van der Waals surface area contributed by atoms with Gasteiger partial charge in [0.25, 0.3) is 11.7 Å². The van der Waals surface area contributed by atoms with Crippen LogP contribution < -0.4 is 0 Å². The number of aliphatic hydroxyl groups excluding tert-OH is 1. The highest BCUT2D eigenvalue weighted by Crippen LogP contribution is 2.38. The molecule has 3 heterocycles. The molecule has 0 aromatic heterocycles. The SMILES string of the molecule is [2H][13C]([2H])([2H])C(C(=O)O[C@@H]1CC[C@@H](C[C@@H](C)[C@@H]2CC(=O)[C@H](C)/C=C(/C)[C@@H](O)[C@@H](OC)C(=O)[C@H](C)C[C@H](C)C=CC=CC=C(C)[C@@H](OC)C[C@@H]3CC[C@@H](C)[C@@](O)(O3)C(=O)C(=O)N3CCCC[C@H]3C(=O)O2)C[C@H]1OC)([13C]([2H])([2H])O)[13C]([2H])([2H])O. The molecule has 412 valence electrons. The monoisotopic (exact) mass is 1040 g/mol. The van der Waals surface area contributed by atoms with Gasteiger partial charge in [-0.3, -0.25) is 24.0 Å². The molecule has 15 atom stereocenters. The second-order valence-corrected chi connectivity index (χ2v) is 20.9. The Morgan fingerprint density at radius 1 is 0.904 bits per heavy atom. The van der Waals surface area contributed by atoms with Gasteiger partial charge in [0.2, 0.25) is 5.79 Å². The lowest BCUT2D eigenvalue weighted by Crippen LogP contribution is -2.61. The summed E-state index contributed by atoms with van der Waals surface area (Å²) in [6.07, 6.45) is 5.99. The van der Waals surface area contributed by atoms with Gasteiger partial charge in [-0.05, 0) is 114 Å². The lowest BCUT2D eigenvalue weighted by Gasteiger charge is -2.42. The number of hydrogen-bond acceptors (Lipinski definition) is 16. The Hall–Kier alpha value is -3.94. The van der Waals surface area contributed by atoms with Gasteiger partial charge in [-0.2, -0.15) is 0 Å². The van der Waals surface area contributed by atoms with Crippen molar-refractivity contribution in [3.05, 3.63) is 47.6 Å². The fourth-order valence-electron chi connectivity index (χ4n) is 10.6. The Kier molecular flexibility index (Phi) is 19.8. The fraction of sp³-hybridized carbons (Fsp3) is 0.750. The summed E-state index contributed by atoms with van der Waals surface area (Å²) in [6.45, 7) is -0.202. The summed E-state index contributed by atoms with van der Waals surface area (Å²) >= 11 is 0. The normalized spacial score (nSPS) is 37.8. The van der Waals surface area contributed by atoms with E-state index in [-0.39, 0.29) is 74.7 Å². The van der Waals surface area contributed by atoms with E-state index in [0.717, 1.165) is 10.5 Å². The number of ether oxygens (including phenoxy) is 6. The van der Waals surface area contributed by atoms with Crippen LogP contribution in [0.15, 0.2) is 47.6 Å². The highest BCUT2D eigenvalue weighted by Gasteiger charge is 2.53. The maximum atomic E-state index is 14.6. The van der Waals surface area contributed by atoms with Crippen LogP contribution in [0.25, 0.3) is 0 Å². The van der Waals surface area contributed by atoms with Crippen LogP contribution in [0.3, 0.4) is 0 Å². The molecule has 0 radical (unpaired) electrons. The number of carbonyl (C=O) groups is 6. The molecular formula is C56H87NO16. The summed E-state index contributed by atoms with van der Waals surface area (Å²) in [5.41, 5.74) is -3.00. The maximum absolute atomic E-state index is 14.6. The first kappa shape index (κ1) is 51.2. The number of carbonyl (C=O) groups excluding carboxylic acids is 6. The summed E-state index contributed by atoms with van der Waals surface area (Å²) in [6, 6.07) is -1.31. The van der Waals surface area contributed by atoms with Gasteiger partial charge in [0.1, 0.15) is 41.7 Å². The molecule has 1 saturated carbocycles. The van der Waals surface area contributed by atoms with E-state index in [1.165, 1.54) is 27.4 Å². The van der Waals surface area contributed by atoms with Crippen molar-refractivity contribution in [1.29, 1.82) is 0 Å². The topological polar surface area (TPSA) is 242 Å². The zero-order valence-electron chi connectivity index (χ0n) is 51.4. The highest BCUT2D eigenvalue weighted by atomic mass is 16.6. The summed E-state index contributed by atoms with van der Waals surface area (Å²) in [5.74, 6) is -11.9. The molecule has 0 spiro atoms. The Labute approximate surface area is 442 Å². The number of rotatable bonds is 10. The molecule has 1 amide bonds. The number of cyclic esters (lactones) is 1. The highest BCUT2D eigenvalue weighted by molar-refractivity contribution is 6.39. The maximum Gasteiger partial charge on any atom is 0.329 e. The molecular weight excluding hydrogens is 946 g/mol. The number of amides is 1. The molecule has 0 aromatic rings. The van der Waals surface area contributed by atoms with Crippen molar-refractivity contribution in [2.75, 3.05) is 41.0 Å². The van der Waals surface area contributed by atoms with Gasteiger partial charge in [0.15, 0.2) is 5.78 Å². The summed E-state index contributed by atoms with van der Waals surface area (Å²) in [4.78, 5) is 86.2. The van der Waals surface area contributed by atoms with Crippen molar-refractivity contribution in [1.82, 2.24) is 4.90 Å². The van der Waals surface area contributed by atoms with Crippen molar-refractivity contribution in [2.24, 2.45) is 40.9 Å². The van der Waals surface area contributed by atoms with E-state index in [2.05, 4.69) is 0 Å². The van der Waals surface area contributed by atoms with Crippen molar-refractivity contribution in [3.8, 4) is 0 Å². The Bertz CT molecular complexity index is 2260. The molecule has 0 unspecified atom stereocenters. The largest absolute Gasteiger partial charge is 0.460 e. The third kappa shape index (κ3) is 16.0. The average molecular weight is 1040 g/mol. The van der Waals surface area contributed by atoms with Crippen molar-refractivity contribution in [2.45, 2.75) is 187 Å².